The molecule has 0 unspecified atom stereocenters. The van der Waals surface area contributed by atoms with E-state index in [1.807, 2.05) is 6.92 Å². The monoisotopic (exact) mass is 351 g/mol. The third-order valence-electron chi connectivity index (χ3n) is 2.63. The van der Waals surface area contributed by atoms with Gasteiger partial charge in [-0.2, -0.15) is 0 Å². The van der Waals surface area contributed by atoms with Gasteiger partial charge in [0.05, 0.1) is 10.5 Å². The summed E-state index contributed by atoms with van der Waals surface area (Å²) in [5.41, 5.74) is 0.749. The number of aromatic nitrogens is 1. The molecule has 0 amide bonds. The average molecular weight is 353 g/mol. The first kappa shape index (κ1) is 15.4. The first-order valence-electron chi connectivity index (χ1n) is 5.34. The van der Waals surface area contributed by atoms with E-state index >= 15 is 0 Å². The van der Waals surface area contributed by atoms with E-state index in [1.165, 1.54) is 12.1 Å². The van der Waals surface area contributed by atoms with Crippen LogP contribution in [0.3, 0.4) is 0 Å². The molecule has 0 aliphatic carbocycles. The molecule has 20 heavy (non-hydrogen) atoms. The molecule has 106 valence electrons. The van der Waals surface area contributed by atoms with Crippen molar-refractivity contribution in [3.05, 3.63) is 51.8 Å². The Morgan fingerprint density at radius 1 is 1.15 bits per heavy atom. The molecule has 4 nitrogen and oxygen atoms in total. The van der Waals surface area contributed by atoms with Gasteiger partial charge in [0.2, 0.25) is 0 Å². The number of hydrogen-bond donors (Lipinski definition) is 0. The summed E-state index contributed by atoms with van der Waals surface area (Å²) >= 11 is 17.1. The second-order valence-electron chi connectivity index (χ2n) is 4.03. The van der Waals surface area contributed by atoms with E-state index in [-0.39, 0.29) is 20.8 Å². The maximum Gasteiger partial charge on any atom is 0.270 e. The van der Waals surface area contributed by atoms with Crippen molar-refractivity contribution in [1.82, 2.24) is 3.97 Å². The number of rotatable bonds is 3. The third-order valence-corrected chi connectivity index (χ3v) is 5.41. The maximum atomic E-state index is 12.5. The molecule has 0 bridgehead atoms. The Bertz CT molecular complexity index is 779. The molecule has 2 rings (SSSR count). The van der Waals surface area contributed by atoms with Crippen LogP contribution in [0, 0.1) is 6.92 Å². The minimum atomic E-state index is -3.99. The first-order valence-corrected chi connectivity index (χ1v) is 7.91. The van der Waals surface area contributed by atoms with E-state index < -0.39 is 15.3 Å². The van der Waals surface area contributed by atoms with Gasteiger partial charge in [-0.3, -0.25) is 4.79 Å². The number of benzene rings is 1. The van der Waals surface area contributed by atoms with E-state index in [2.05, 4.69) is 0 Å². The Labute approximate surface area is 130 Å². The summed E-state index contributed by atoms with van der Waals surface area (Å²) < 4.78 is 25.6. The molecule has 2 aromatic rings. The fourth-order valence-corrected chi connectivity index (χ4v) is 4.10. The highest BCUT2D eigenvalue weighted by molar-refractivity contribution is 7.90. The molecule has 0 aliphatic heterocycles. The SMILES string of the molecule is Cc1ccc(S(=O)(=O)n2c(Cl)cc(C(=O)Cl)c2Cl)cc1. The zero-order valence-corrected chi connectivity index (χ0v) is 13.2. The van der Waals surface area contributed by atoms with Crippen LogP contribution >= 0.6 is 34.8 Å². The lowest BCUT2D eigenvalue weighted by atomic mass is 10.2. The summed E-state index contributed by atoms with van der Waals surface area (Å²) in [4.78, 5) is 11.2. The van der Waals surface area contributed by atoms with Crippen molar-refractivity contribution in [3.8, 4) is 0 Å². The summed E-state index contributed by atoms with van der Waals surface area (Å²) in [6, 6.07) is 7.27. The van der Waals surface area contributed by atoms with Gasteiger partial charge in [0, 0.05) is 0 Å². The second kappa shape index (κ2) is 5.41. The predicted octanol–water partition coefficient (Wildman–Crippen LogP) is 3.72. The molecular weight excluding hydrogens is 345 g/mol. The first-order chi connectivity index (χ1) is 9.25. The zero-order chi connectivity index (χ0) is 15.1. The van der Waals surface area contributed by atoms with Crippen LogP contribution in [0.4, 0.5) is 0 Å². The Morgan fingerprint density at radius 3 is 2.15 bits per heavy atom. The number of aryl methyl sites for hydroxylation is 1. The molecule has 0 radical (unpaired) electrons. The Morgan fingerprint density at radius 2 is 1.70 bits per heavy atom. The highest BCUT2D eigenvalue weighted by Gasteiger charge is 2.26. The molecule has 0 saturated heterocycles. The number of halogens is 3. The molecule has 0 fully saturated rings. The lowest BCUT2D eigenvalue weighted by Gasteiger charge is -2.09. The minimum absolute atomic E-state index is 0.0103. The zero-order valence-electron chi connectivity index (χ0n) is 10.1. The van der Waals surface area contributed by atoms with Gasteiger partial charge in [-0.25, -0.2) is 12.4 Å². The van der Waals surface area contributed by atoms with Gasteiger partial charge in [0.25, 0.3) is 15.3 Å². The molecule has 1 heterocycles. The van der Waals surface area contributed by atoms with Crippen LogP contribution in [-0.2, 0) is 10.0 Å². The number of carbonyl (C=O) groups is 1. The normalized spacial score (nSPS) is 11.6. The van der Waals surface area contributed by atoms with Gasteiger partial charge in [-0.1, -0.05) is 40.9 Å². The van der Waals surface area contributed by atoms with Crippen LogP contribution in [0.5, 0.6) is 0 Å². The van der Waals surface area contributed by atoms with E-state index in [0.717, 1.165) is 11.6 Å². The van der Waals surface area contributed by atoms with Gasteiger partial charge in [0.1, 0.15) is 10.3 Å². The van der Waals surface area contributed by atoms with E-state index in [4.69, 9.17) is 34.8 Å². The molecule has 0 N–H and O–H groups in total. The highest BCUT2D eigenvalue weighted by Crippen LogP contribution is 2.31. The molecule has 0 atom stereocenters. The Balaban J connectivity index is 2.67. The Kier molecular flexibility index (Phi) is 4.16. The minimum Gasteiger partial charge on any atom is -0.275 e. The summed E-state index contributed by atoms with van der Waals surface area (Å²) in [6.45, 7) is 1.83. The molecule has 1 aromatic carbocycles. The average Bonchev–Trinajstić information content (AvgIpc) is 2.66. The maximum absolute atomic E-state index is 12.5. The van der Waals surface area contributed by atoms with Gasteiger partial charge < -0.3 is 0 Å². The van der Waals surface area contributed by atoms with Gasteiger partial charge >= 0.3 is 0 Å². The smallest absolute Gasteiger partial charge is 0.270 e. The fourth-order valence-electron chi connectivity index (χ4n) is 1.61. The third kappa shape index (κ3) is 2.59. The van der Waals surface area contributed by atoms with Crippen molar-refractivity contribution in [2.75, 3.05) is 0 Å². The van der Waals surface area contributed by atoms with Gasteiger partial charge in [-0.15, -0.1) is 0 Å². The summed E-state index contributed by atoms with van der Waals surface area (Å²) in [6.07, 6.45) is 0. The molecule has 0 aliphatic rings. The molecule has 0 spiro atoms. The molecular formula is C12H8Cl3NO3S. The van der Waals surface area contributed by atoms with Crippen molar-refractivity contribution < 1.29 is 13.2 Å². The van der Waals surface area contributed by atoms with E-state index in [0.29, 0.717) is 3.97 Å². The standard InChI is InChI=1S/C12H8Cl3NO3S/c1-7-2-4-8(5-3-7)20(18,19)16-10(13)6-9(11(16)14)12(15)17/h2-6H,1H3. The number of nitrogens with zero attached hydrogens (tertiary/aromatic N) is 1. The summed E-state index contributed by atoms with van der Waals surface area (Å²) in [7, 11) is -3.99. The van der Waals surface area contributed by atoms with Crippen molar-refractivity contribution in [2.45, 2.75) is 11.8 Å². The van der Waals surface area contributed by atoms with E-state index in [9.17, 15) is 13.2 Å². The van der Waals surface area contributed by atoms with Crippen LogP contribution in [0.25, 0.3) is 0 Å². The summed E-state index contributed by atoms with van der Waals surface area (Å²) in [5.74, 6) is 0. The Hall–Kier alpha value is -1.01. The van der Waals surface area contributed by atoms with Crippen LogP contribution in [0.15, 0.2) is 35.2 Å². The molecule has 1 aromatic heterocycles. The van der Waals surface area contributed by atoms with Crippen molar-refractivity contribution in [1.29, 1.82) is 0 Å². The lowest BCUT2D eigenvalue weighted by molar-refractivity contribution is 0.108. The molecule has 0 saturated carbocycles. The van der Waals surface area contributed by atoms with Crippen LogP contribution < -0.4 is 0 Å². The van der Waals surface area contributed by atoms with Gasteiger partial charge in [0.15, 0.2) is 0 Å². The van der Waals surface area contributed by atoms with Crippen LogP contribution in [-0.4, -0.2) is 17.6 Å². The van der Waals surface area contributed by atoms with Gasteiger partial charge in [-0.05, 0) is 36.7 Å². The largest absolute Gasteiger partial charge is 0.275 e. The number of hydrogen-bond acceptors (Lipinski definition) is 3. The van der Waals surface area contributed by atoms with Crippen molar-refractivity contribution in [3.63, 3.8) is 0 Å². The van der Waals surface area contributed by atoms with Crippen molar-refractivity contribution >= 4 is 50.1 Å². The van der Waals surface area contributed by atoms with E-state index in [1.54, 1.807) is 12.1 Å². The fraction of sp³-hybridized carbons (Fsp3) is 0.0833. The molecule has 8 heteroatoms. The van der Waals surface area contributed by atoms with Crippen molar-refractivity contribution in [2.24, 2.45) is 0 Å². The predicted molar refractivity (Wildman–Crippen MR) is 78.4 cm³/mol. The highest BCUT2D eigenvalue weighted by atomic mass is 35.5. The second-order valence-corrected chi connectivity index (χ2v) is 6.90. The topological polar surface area (TPSA) is 56.1 Å². The van der Waals surface area contributed by atoms with Crippen LogP contribution in [0.1, 0.15) is 15.9 Å². The number of carbonyl (C=O) groups excluding carboxylic acids is 1. The quantitative estimate of drug-likeness (QED) is 0.791. The summed E-state index contributed by atoms with van der Waals surface area (Å²) in [5, 5.41) is -1.43. The lowest BCUT2D eigenvalue weighted by Crippen LogP contribution is -2.13. The van der Waals surface area contributed by atoms with Crippen LogP contribution in [0.2, 0.25) is 10.3 Å².